The first-order chi connectivity index (χ1) is 9.93. The van der Waals surface area contributed by atoms with E-state index in [1.165, 1.54) is 18.2 Å². The number of carbonyl (C=O) groups excluding carboxylic acids is 1. The molecular formula is C13H12N2O6. The Labute approximate surface area is 118 Å². The van der Waals surface area contributed by atoms with Gasteiger partial charge in [0.05, 0.1) is 23.6 Å². The second-order valence-corrected chi connectivity index (χ2v) is 4.19. The van der Waals surface area contributed by atoms with Crippen molar-refractivity contribution in [2.45, 2.75) is 13.5 Å². The van der Waals surface area contributed by atoms with Gasteiger partial charge in [0.15, 0.2) is 5.58 Å². The van der Waals surface area contributed by atoms with Crippen LogP contribution < -0.4 is 5.76 Å². The molecule has 2 aromatic rings. The fraction of sp³-hybridized carbons (Fsp3) is 0.231. The molecule has 0 unspecified atom stereocenters. The number of oxazole rings is 1. The van der Waals surface area contributed by atoms with Gasteiger partial charge in [-0.1, -0.05) is 6.58 Å². The molecule has 8 heteroatoms. The average molecular weight is 292 g/mol. The van der Waals surface area contributed by atoms with Crippen LogP contribution in [0.3, 0.4) is 0 Å². The SMILES string of the molecule is C=C(Cn1c(=O)oc2ccc([N+](=O)[O-])cc21)C(=O)OCC. The second kappa shape index (κ2) is 5.61. The van der Waals surface area contributed by atoms with E-state index in [1.807, 2.05) is 0 Å². The van der Waals surface area contributed by atoms with Crippen LogP contribution in [0.25, 0.3) is 11.1 Å². The Hall–Kier alpha value is -2.90. The summed E-state index contributed by atoms with van der Waals surface area (Å²) in [6, 6.07) is 3.77. The van der Waals surface area contributed by atoms with Gasteiger partial charge in [-0.2, -0.15) is 0 Å². The maximum atomic E-state index is 11.8. The van der Waals surface area contributed by atoms with Gasteiger partial charge in [-0.05, 0) is 13.0 Å². The quantitative estimate of drug-likeness (QED) is 0.359. The van der Waals surface area contributed by atoms with Gasteiger partial charge in [-0.3, -0.25) is 14.7 Å². The summed E-state index contributed by atoms with van der Waals surface area (Å²) >= 11 is 0. The monoisotopic (exact) mass is 292 g/mol. The van der Waals surface area contributed by atoms with Gasteiger partial charge in [0.2, 0.25) is 0 Å². The lowest BCUT2D eigenvalue weighted by Gasteiger charge is -2.05. The summed E-state index contributed by atoms with van der Waals surface area (Å²) in [4.78, 5) is 33.5. The number of esters is 1. The highest BCUT2D eigenvalue weighted by Crippen LogP contribution is 2.20. The number of rotatable bonds is 5. The molecule has 1 heterocycles. The van der Waals surface area contributed by atoms with Crippen molar-refractivity contribution >= 4 is 22.8 Å². The van der Waals surface area contributed by atoms with Crippen molar-refractivity contribution in [1.29, 1.82) is 0 Å². The number of hydrogen-bond acceptors (Lipinski definition) is 6. The molecule has 0 aliphatic rings. The van der Waals surface area contributed by atoms with Gasteiger partial charge < -0.3 is 9.15 Å². The van der Waals surface area contributed by atoms with Gasteiger partial charge in [0.1, 0.15) is 0 Å². The molecule has 0 aliphatic heterocycles. The Balaban J connectivity index is 2.43. The molecule has 0 saturated heterocycles. The van der Waals surface area contributed by atoms with Gasteiger partial charge in [0, 0.05) is 17.7 Å². The van der Waals surface area contributed by atoms with Gasteiger partial charge in [-0.25, -0.2) is 9.59 Å². The zero-order chi connectivity index (χ0) is 15.6. The third-order valence-electron chi connectivity index (χ3n) is 2.77. The van der Waals surface area contributed by atoms with E-state index < -0.39 is 16.6 Å². The zero-order valence-electron chi connectivity index (χ0n) is 11.2. The van der Waals surface area contributed by atoms with Gasteiger partial charge in [0.25, 0.3) is 5.69 Å². The number of nitro benzene ring substituents is 1. The van der Waals surface area contributed by atoms with Crippen molar-refractivity contribution in [2.75, 3.05) is 6.61 Å². The number of nitro groups is 1. The Kier molecular flexibility index (Phi) is 3.88. The number of nitrogens with zero attached hydrogens (tertiary/aromatic N) is 2. The predicted molar refractivity (Wildman–Crippen MR) is 72.9 cm³/mol. The Bertz CT molecular complexity index is 786. The number of fused-ring (bicyclic) bond motifs is 1. The minimum atomic E-state index is -0.726. The van der Waals surface area contributed by atoms with Crippen molar-refractivity contribution in [3.8, 4) is 0 Å². The second-order valence-electron chi connectivity index (χ2n) is 4.19. The third-order valence-corrected chi connectivity index (χ3v) is 2.77. The number of non-ortho nitro benzene ring substituents is 1. The minimum Gasteiger partial charge on any atom is -0.463 e. The van der Waals surface area contributed by atoms with Crippen LogP contribution in [0.15, 0.2) is 39.6 Å². The van der Waals surface area contributed by atoms with Crippen molar-refractivity contribution in [3.63, 3.8) is 0 Å². The molecule has 0 atom stereocenters. The maximum Gasteiger partial charge on any atom is 0.420 e. The minimum absolute atomic E-state index is 0.0492. The molecule has 0 aliphatic carbocycles. The van der Waals surface area contributed by atoms with Crippen molar-refractivity contribution in [2.24, 2.45) is 0 Å². The first-order valence-corrected chi connectivity index (χ1v) is 6.06. The van der Waals surface area contributed by atoms with Crippen LogP contribution in [0.5, 0.6) is 0 Å². The molecule has 0 fully saturated rings. The van der Waals surface area contributed by atoms with Crippen molar-refractivity contribution in [1.82, 2.24) is 4.57 Å². The fourth-order valence-electron chi connectivity index (χ4n) is 1.80. The summed E-state index contributed by atoms with van der Waals surface area (Å²) in [7, 11) is 0. The van der Waals surface area contributed by atoms with E-state index in [0.717, 1.165) is 4.57 Å². The number of hydrogen-bond donors (Lipinski definition) is 0. The number of ether oxygens (including phenoxy) is 1. The lowest BCUT2D eigenvalue weighted by molar-refractivity contribution is -0.384. The number of aromatic nitrogens is 1. The molecule has 21 heavy (non-hydrogen) atoms. The Morgan fingerprint density at radius 1 is 1.52 bits per heavy atom. The Morgan fingerprint density at radius 3 is 2.86 bits per heavy atom. The van der Waals surface area contributed by atoms with Crippen LogP contribution >= 0.6 is 0 Å². The van der Waals surface area contributed by atoms with E-state index in [2.05, 4.69) is 6.58 Å². The first kappa shape index (κ1) is 14.5. The largest absolute Gasteiger partial charge is 0.463 e. The molecule has 1 aromatic carbocycles. The predicted octanol–water partition coefficient (Wildman–Crippen LogP) is 1.62. The van der Waals surface area contributed by atoms with Crippen LogP contribution in [-0.2, 0) is 16.1 Å². The Morgan fingerprint density at radius 2 is 2.24 bits per heavy atom. The van der Waals surface area contributed by atoms with Gasteiger partial charge in [-0.15, -0.1) is 0 Å². The van der Waals surface area contributed by atoms with E-state index in [1.54, 1.807) is 6.92 Å². The third kappa shape index (κ3) is 2.83. The van der Waals surface area contributed by atoms with Crippen molar-refractivity contribution < 1.29 is 18.9 Å². The van der Waals surface area contributed by atoms with Crippen LogP contribution in [0, 0.1) is 10.1 Å². The van der Waals surface area contributed by atoms with Crippen molar-refractivity contribution in [3.05, 3.63) is 51.0 Å². The van der Waals surface area contributed by atoms with Gasteiger partial charge >= 0.3 is 11.7 Å². The van der Waals surface area contributed by atoms with E-state index in [4.69, 9.17) is 9.15 Å². The number of benzene rings is 1. The summed E-state index contributed by atoms with van der Waals surface area (Å²) in [6.45, 7) is 5.21. The molecule has 0 bridgehead atoms. The standard InChI is InChI=1S/C13H12N2O6/c1-3-20-12(16)8(2)7-14-10-6-9(15(18)19)4-5-11(10)21-13(14)17/h4-6H,2-3,7H2,1H3. The molecule has 1 aromatic heterocycles. The molecule has 8 nitrogen and oxygen atoms in total. The highest BCUT2D eigenvalue weighted by molar-refractivity contribution is 5.88. The summed E-state index contributed by atoms with van der Waals surface area (Å²) in [6.07, 6.45) is 0. The average Bonchev–Trinajstić information content (AvgIpc) is 2.74. The molecule has 0 amide bonds. The molecule has 0 spiro atoms. The highest BCUT2D eigenvalue weighted by Gasteiger charge is 2.17. The molecule has 0 radical (unpaired) electrons. The molecular weight excluding hydrogens is 280 g/mol. The van der Waals surface area contributed by atoms with Crippen LogP contribution in [0.1, 0.15) is 6.92 Å². The lowest BCUT2D eigenvalue weighted by Crippen LogP contribution is -2.19. The number of carbonyl (C=O) groups is 1. The summed E-state index contributed by atoms with van der Waals surface area (Å²) < 4.78 is 10.8. The van der Waals surface area contributed by atoms with E-state index in [9.17, 15) is 19.7 Å². The molecule has 0 N–H and O–H groups in total. The van der Waals surface area contributed by atoms with E-state index in [-0.39, 0.29) is 35.5 Å². The summed E-state index contributed by atoms with van der Waals surface area (Å²) in [5.41, 5.74) is 0.286. The normalized spacial score (nSPS) is 10.5. The summed E-state index contributed by atoms with van der Waals surface area (Å²) in [5, 5.41) is 10.8. The van der Waals surface area contributed by atoms with E-state index in [0.29, 0.717) is 0 Å². The van der Waals surface area contributed by atoms with Crippen LogP contribution in [0.4, 0.5) is 5.69 Å². The maximum absolute atomic E-state index is 11.8. The van der Waals surface area contributed by atoms with Crippen LogP contribution in [-0.4, -0.2) is 22.1 Å². The van der Waals surface area contributed by atoms with E-state index >= 15 is 0 Å². The first-order valence-electron chi connectivity index (χ1n) is 6.06. The smallest absolute Gasteiger partial charge is 0.420 e. The highest BCUT2D eigenvalue weighted by atomic mass is 16.6. The topological polar surface area (TPSA) is 105 Å². The molecule has 110 valence electrons. The molecule has 0 saturated carbocycles. The fourth-order valence-corrected chi connectivity index (χ4v) is 1.80. The summed E-state index contributed by atoms with van der Waals surface area (Å²) in [5.74, 6) is -1.36. The molecule has 2 rings (SSSR count). The van der Waals surface area contributed by atoms with Crippen LogP contribution in [0.2, 0.25) is 0 Å². The zero-order valence-corrected chi connectivity index (χ0v) is 11.2. The lowest BCUT2D eigenvalue weighted by atomic mass is 10.2.